The van der Waals surface area contributed by atoms with Gasteiger partial charge in [-0.2, -0.15) is 0 Å². The molecule has 1 aromatic carbocycles. The summed E-state index contributed by atoms with van der Waals surface area (Å²) in [7, 11) is 0. The third kappa shape index (κ3) is 3.13. The lowest BCUT2D eigenvalue weighted by molar-refractivity contribution is 0.0820. The second-order valence-corrected chi connectivity index (χ2v) is 5.16. The van der Waals surface area contributed by atoms with Crippen molar-refractivity contribution in [3.05, 3.63) is 29.1 Å². The zero-order valence-electron chi connectivity index (χ0n) is 11.7. The molecule has 1 aliphatic heterocycles. The molecule has 19 heavy (non-hydrogen) atoms. The smallest absolute Gasteiger partial charge is 0.161 e. The van der Waals surface area contributed by atoms with Crippen molar-refractivity contribution >= 4 is 11.5 Å². The summed E-state index contributed by atoms with van der Waals surface area (Å²) < 4.78 is 19.3. The van der Waals surface area contributed by atoms with Gasteiger partial charge in [0.05, 0.1) is 6.10 Å². The highest BCUT2D eigenvalue weighted by atomic mass is 19.1. The molecule has 4 heteroatoms. The molecule has 0 amide bonds. The Bertz CT molecular complexity index is 487. The summed E-state index contributed by atoms with van der Waals surface area (Å²) in [6.45, 7) is 7.50. The number of ether oxygens (including phenoxy) is 1. The van der Waals surface area contributed by atoms with Gasteiger partial charge in [0, 0.05) is 30.9 Å². The normalized spacial score (nSPS) is 20.2. The van der Waals surface area contributed by atoms with Crippen molar-refractivity contribution in [1.82, 2.24) is 0 Å². The molecule has 3 nitrogen and oxygen atoms in total. The Morgan fingerprint density at radius 3 is 2.89 bits per heavy atom. The van der Waals surface area contributed by atoms with Crippen LogP contribution in [-0.4, -0.2) is 31.6 Å². The predicted octanol–water partition coefficient (Wildman–Crippen LogP) is 2.95. The number of aryl methyl sites for hydroxylation is 1. The third-order valence-corrected chi connectivity index (χ3v) is 3.45. The van der Waals surface area contributed by atoms with Gasteiger partial charge >= 0.3 is 0 Å². The average molecular weight is 265 g/mol. The molecule has 0 radical (unpaired) electrons. The summed E-state index contributed by atoms with van der Waals surface area (Å²) in [6.07, 6.45) is 1.03. The molecule has 1 saturated heterocycles. The monoisotopic (exact) mass is 265 g/mol. The van der Waals surface area contributed by atoms with E-state index in [4.69, 9.17) is 4.74 Å². The van der Waals surface area contributed by atoms with Crippen molar-refractivity contribution in [3.8, 4) is 0 Å². The first-order chi connectivity index (χ1) is 8.99. The minimum absolute atomic E-state index is 0.105. The van der Waals surface area contributed by atoms with E-state index < -0.39 is 0 Å². The van der Waals surface area contributed by atoms with Crippen LogP contribution in [0.4, 0.5) is 10.1 Å². The fraction of sp³-hybridized carbons (Fsp3) is 0.533. The summed E-state index contributed by atoms with van der Waals surface area (Å²) in [5.41, 5.74) is 1.85. The van der Waals surface area contributed by atoms with E-state index in [0.717, 1.165) is 31.8 Å². The molecule has 1 aromatic rings. The summed E-state index contributed by atoms with van der Waals surface area (Å²) in [6, 6.07) is 3.12. The number of halogens is 1. The van der Waals surface area contributed by atoms with E-state index in [0.29, 0.717) is 11.1 Å². The highest BCUT2D eigenvalue weighted by Gasteiger charge is 2.20. The number of anilines is 1. The Morgan fingerprint density at radius 2 is 2.21 bits per heavy atom. The molecule has 0 spiro atoms. The number of carbonyl (C=O) groups is 1. The van der Waals surface area contributed by atoms with Gasteiger partial charge < -0.3 is 9.64 Å². The zero-order valence-corrected chi connectivity index (χ0v) is 11.7. The Hall–Kier alpha value is -1.42. The second-order valence-electron chi connectivity index (χ2n) is 5.16. The van der Waals surface area contributed by atoms with E-state index in [-0.39, 0.29) is 17.7 Å². The molecule has 1 aliphatic rings. The van der Waals surface area contributed by atoms with Crippen molar-refractivity contribution in [2.24, 2.45) is 0 Å². The van der Waals surface area contributed by atoms with Gasteiger partial charge in [0.2, 0.25) is 0 Å². The Morgan fingerprint density at radius 1 is 1.47 bits per heavy atom. The number of benzene rings is 1. The molecule has 1 atom stereocenters. The first-order valence-electron chi connectivity index (χ1n) is 6.66. The van der Waals surface area contributed by atoms with Gasteiger partial charge in [-0.05, 0) is 44.9 Å². The molecule has 0 bridgehead atoms. The lowest BCUT2D eigenvalue weighted by Gasteiger charge is -2.26. The topological polar surface area (TPSA) is 29.5 Å². The fourth-order valence-electron chi connectivity index (χ4n) is 2.42. The standard InChI is InChI=1S/C15H20FNO2/c1-10-7-15(13(12(3)18)8-14(10)16)17-5-4-6-19-11(2)9-17/h7-8,11H,4-6,9H2,1-3H3. The number of hydrogen-bond acceptors (Lipinski definition) is 3. The molecular formula is C15H20FNO2. The SMILES string of the molecule is CC(=O)c1cc(F)c(C)cc1N1CCCOC(C)C1. The molecule has 0 saturated carbocycles. The van der Waals surface area contributed by atoms with Crippen LogP contribution in [0.5, 0.6) is 0 Å². The summed E-state index contributed by atoms with van der Waals surface area (Å²) in [5.74, 6) is -0.431. The molecule has 0 N–H and O–H groups in total. The van der Waals surface area contributed by atoms with Crippen LogP contribution >= 0.6 is 0 Å². The Balaban J connectivity index is 2.41. The predicted molar refractivity (Wildman–Crippen MR) is 73.4 cm³/mol. The lowest BCUT2D eigenvalue weighted by atomic mass is 10.0. The molecular weight excluding hydrogens is 245 g/mol. The zero-order chi connectivity index (χ0) is 14.0. The van der Waals surface area contributed by atoms with Crippen molar-refractivity contribution in [3.63, 3.8) is 0 Å². The van der Waals surface area contributed by atoms with Gasteiger partial charge in [0.1, 0.15) is 5.82 Å². The fourth-order valence-corrected chi connectivity index (χ4v) is 2.42. The lowest BCUT2D eigenvalue weighted by Crippen LogP contribution is -2.31. The minimum Gasteiger partial charge on any atom is -0.377 e. The first kappa shape index (κ1) is 14.0. The molecule has 0 aliphatic carbocycles. The highest BCUT2D eigenvalue weighted by Crippen LogP contribution is 2.26. The first-order valence-corrected chi connectivity index (χ1v) is 6.66. The number of rotatable bonds is 2. The van der Waals surface area contributed by atoms with Gasteiger partial charge in [0.25, 0.3) is 0 Å². The Labute approximate surface area is 113 Å². The van der Waals surface area contributed by atoms with E-state index in [1.54, 1.807) is 13.0 Å². The van der Waals surface area contributed by atoms with E-state index >= 15 is 0 Å². The van der Waals surface area contributed by atoms with Crippen molar-refractivity contribution in [1.29, 1.82) is 0 Å². The summed E-state index contributed by atoms with van der Waals surface area (Å²) in [5, 5.41) is 0. The third-order valence-electron chi connectivity index (χ3n) is 3.45. The average Bonchev–Trinajstić information content (AvgIpc) is 2.56. The summed E-state index contributed by atoms with van der Waals surface area (Å²) >= 11 is 0. The van der Waals surface area contributed by atoms with Crippen LogP contribution in [0.3, 0.4) is 0 Å². The minimum atomic E-state index is -0.326. The number of ketones is 1. The van der Waals surface area contributed by atoms with Crippen molar-refractivity contribution in [2.75, 3.05) is 24.6 Å². The molecule has 1 fully saturated rings. The second kappa shape index (κ2) is 5.70. The van der Waals surface area contributed by atoms with Gasteiger partial charge in [-0.15, -0.1) is 0 Å². The highest BCUT2D eigenvalue weighted by molar-refractivity contribution is 6.00. The quantitative estimate of drug-likeness (QED) is 0.770. The molecule has 1 unspecified atom stereocenters. The molecule has 1 heterocycles. The maximum Gasteiger partial charge on any atom is 0.161 e. The number of carbonyl (C=O) groups excluding carboxylic acids is 1. The van der Waals surface area contributed by atoms with E-state index in [1.807, 2.05) is 6.92 Å². The Kier molecular flexibility index (Phi) is 4.20. The van der Waals surface area contributed by atoms with Crippen LogP contribution in [0, 0.1) is 12.7 Å². The van der Waals surface area contributed by atoms with E-state index in [9.17, 15) is 9.18 Å². The van der Waals surface area contributed by atoms with Crippen LogP contribution in [0.2, 0.25) is 0 Å². The van der Waals surface area contributed by atoms with Crippen LogP contribution in [-0.2, 0) is 4.74 Å². The van der Waals surface area contributed by atoms with Gasteiger partial charge in [0.15, 0.2) is 5.78 Å². The van der Waals surface area contributed by atoms with E-state index in [1.165, 1.54) is 13.0 Å². The van der Waals surface area contributed by atoms with Crippen LogP contribution in [0.1, 0.15) is 36.2 Å². The largest absolute Gasteiger partial charge is 0.377 e. The number of Topliss-reactive ketones (excluding diaryl/α,β-unsaturated/α-hetero) is 1. The number of hydrogen-bond donors (Lipinski definition) is 0. The maximum atomic E-state index is 13.6. The van der Waals surface area contributed by atoms with Gasteiger partial charge in [-0.25, -0.2) is 4.39 Å². The summed E-state index contributed by atoms with van der Waals surface area (Å²) in [4.78, 5) is 13.8. The van der Waals surface area contributed by atoms with Crippen molar-refractivity contribution < 1.29 is 13.9 Å². The van der Waals surface area contributed by atoms with Gasteiger partial charge in [-0.3, -0.25) is 4.79 Å². The van der Waals surface area contributed by atoms with Crippen LogP contribution < -0.4 is 4.90 Å². The van der Waals surface area contributed by atoms with Crippen LogP contribution in [0.15, 0.2) is 12.1 Å². The molecule has 2 rings (SSSR count). The number of nitrogens with zero attached hydrogens (tertiary/aromatic N) is 1. The van der Waals surface area contributed by atoms with E-state index in [2.05, 4.69) is 4.90 Å². The van der Waals surface area contributed by atoms with Gasteiger partial charge in [-0.1, -0.05) is 0 Å². The molecule has 104 valence electrons. The molecule has 0 aromatic heterocycles. The van der Waals surface area contributed by atoms with Crippen molar-refractivity contribution in [2.45, 2.75) is 33.3 Å². The van der Waals surface area contributed by atoms with Crippen LogP contribution in [0.25, 0.3) is 0 Å². The maximum absolute atomic E-state index is 13.6.